The molecular formula is C12H16Cl2. The highest BCUT2D eigenvalue weighted by atomic mass is 35.5. The summed E-state index contributed by atoms with van der Waals surface area (Å²) in [5.74, 6) is 0.628. The van der Waals surface area contributed by atoms with Gasteiger partial charge in [0, 0.05) is 10.4 Å². The van der Waals surface area contributed by atoms with E-state index in [9.17, 15) is 0 Å². The predicted molar refractivity (Wildman–Crippen MR) is 64.3 cm³/mol. The third-order valence-corrected chi connectivity index (χ3v) is 2.65. The van der Waals surface area contributed by atoms with E-state index >= 15 is 0 Å². The Balaban J connectivity index is 2.47. The second-order valence-electron chi connectivity index (χ2n) is 3.95. The summed E-state index contributed by atoms with van der Waals surface area (Å²) in [4.78, 5) is 0. The molecule has 0 heterocycles. The van der Waals surface area contributed by atoms with Gasteiger partial charge in [-0.25, -0.2) is 0 Å². The zero-order valence-electron chi connectivity index (χ0n) is 8.63. The second kappa shape index (κ2) is 5.63. The SMILES string of the molecule is CC(Cl)CC(C)Cc1ccc(Cl)cc1. The van der Waals surface area contributed by atoms with Crippen molar-refractivity contribution in [2.45, 2.75) is 32.1 Å². The van der Waals surface area contributed by atoms with Crippen LogP contribution in [0.4, 0.5) is 0 Å². The minimum atomic E-state index is 0.261. The fourth-order valence-electron chi connectivity index (χ4n) is 1.66. The highest BCUT2D eigenvalue weighted by molar-refractivity contribution is 6.30. The maximum absolute atomic E-state index is 5.94. The second-order valence-corrected chi connectivity index (χ2v) is 5.13. The molecule has 14 heavy (non-hydrogen) atoms. The third-order valence-electron chi connectivity index (χ3n) is 2.22. The van der Waals surface area contributed by atoms with E-state index in [1.807, 2.05) is 19.1 Å². The number of halogens is 2. The molecule has 2 atom stereocenters. The zero-order chi connectivity index (χ0) is 10.6. The molecule has 0 fully saturated rings. The van der Waals surface area contributed by atoms with Crippen molar-refractivity contribution in [1.29, 1.82) is 0 Å². The molecule has 0 radical (unpaired) electrons. The third kappa shape index (κ3) is 4.34. The van der Waals surface area contributed by atoms with Crippen LogP contribution in [0.25, 0.3) is 0 Å². The van der Waals surface area contributed by atoms with Gasteiger partial charge >= 0.3 is 0 Å². The van der Waals surface area contributed by atoms with Gasteiger partial charge in [0.15, 0.2) is 0 Å². The van der Waals surface area contributed by atoms with Crippen molar-refractivity contribution in [3.63, 3.8) is 0 Å². The number of hydrogen-bond acceptors (Lipinski definition) is 0. The number of hydrogen-bond donors (Lipinski definition) is 0. The molecule has 0 aliphatic heterocycles. The van der Waals surface area contributed by atoms with Crippen LogP contribution in [-0.2, 0) is 6.42 Å². The van der Waals surface area contributed by atoms with Crippen molar-refractivity contribution in [2.24, 2.45) is 5.92 Å². The van der Waals surface area contributed by atoms with Gasteiger partial charge < -0.3 is 0 Å². The van der Waals surface area contributed by atoms with Gasteiger partial charge in [0.2, 0.25) is 0 Å². The smallest absolute Gasteiger partial charge is 0.0406 e. The maximum atomic E-state index is 5.94. The van der Waals surface area contributed by atoms with Gasteiger partial charge in [-0.2, -0.15) is 0 Å². The molecule has 0 saturated heterocycles. The Bertz CT molecular complexity index is 264. The van der Waals surface area contributed by atoms with Crippen molar-refractivity contribution in [2.75, 3.05) is 0 Å². The number of alkyl halides is 1. The average Bonchev–Trinajstić information content (AvgIpc) is 2.07. The Kier molecular flexibility index (Phi) is 4.77. The predicted octanol–water partition coefficient (Wildman–Crippen LogP) is 4.54. The van der Waals surface area contributed by atoms with E-state index in [0.29, 0.717) is 5.92 Å². The topological polar surface area (TPSA) is 0 Å². The number of benzene rings is 1. The van der Waals surface area contributed by atoms with E-state index in [2.05, 4.69) is 19.1 Å². The van der Waals surface area contributed by atoms with Crippen LogP contribution >= 0.6 is 23.2 Å². The van der Waals surface area contributed by atoms with E-state index in [0.717, 1.165) is 17.9 Å². The van der Waals surface area contributed by atoms with Crippen LogP contribution in [0, 0.1) is 5.92 Å². The molecule has 1 aromatic carbocycles. The molecule has 0 bridgehead atoms. The number of rotatable bonds is 4. The summed E-state index contributed by atoms with van der Waals surface area (Å²) in [6.45, 7) is 4.27. The molecular weight excluding hydrogens is 215 g/mol. The minimum absolute atomic E-state index is 0.261. The summed E-state index contributed by atoms with van der Waals surface area (Å²) in [6.07, 6.45) is 2.14. The normalized spacial score (nSPS) is 15.1. The largest absolute Gasteiger partial charge is 0.123 e. The first-order valence-electron chi connectivity index (χ1n) is 4.96. The van der Waals surface area contributed by atoms with E-state index in [-0.39, 0.29) is 5.38 Å². The van der Waals surface area contributed by atoms with Crippen molar-refractivity contribution >= 4 is 23.2 Å². The van der Waals surface area contributed by atoms with Crippen molar-refractivity contribution in [3.05, 3.63) is 34.9 Å². The van der Waals surface area contributed by atoms with Crippen molar-refractivity contribution < 1.29 is 0 Å². The minimum Gasteiger partial charge on any atom is -0.123 e. The lowest BCUT2D eigenvalue weighted by atomic mass is 9.97. The quantitative estimate of drug-likeness (QED) is 0.667. The van der Waals surface area contributed by atoms with Gasteiger partial charge in [0.25, 0.3) is 0 Å². The van der Waals surface area contributed by atoms with Gasteiger partial charge in [-0.15, -0.1) is 11.6 Å². The molecule has 2 unspecified atom stereocenters. The highest BCUT2D eigenvalue weighted by Gasteiger charge is 2.07. The first kappa shape index (κ1) is 11.9. The van der Waals surface area contributed by atoms with Gasteiger partial charge in [-0.3, -0.25) is 0 Å². The summed E-state index contributed by atoms with van der Waals surface area (Å²) in [7, 11) is 0. The average molecular weight is 231 g/mol. The molecule has 0 aliphatic rings. The van der Waals surface area contributed by atoms with E-state index < -0.39 is 0 Å². The Labute approximate surface area is 96.2 Å². The fourth-order valence-corrected chi connectivity index (χ4v) is 2.09. The van der Waals surface area contributed by atoms with Crippen molar-refractivity contribution in [1.82, 2.24) is 0 Å². The lowest BCUT2D eigenvalue weighted by Crippen LogP contribution is -2.05. The van der Waals surface area contributed by atoms with Crippen LogP contribution in [-0.4, -0.2) is 5.38 Å². The van der Waals surface area contributed by atoms with Gasteiger partial charge in [-0.1, -0.05) is 30.7 Å². The Morgan fingerprint density at radius 1 is 1.14 bits per heavy atom. The standard InChI is InChI=1S/C12H16Cl2/c1-9(7-10(2)13)8-11-3-5-12(14)6-4-11/h3-6,9-10H,7-8H2,1-2H3. The molecule has 0 spiro atoms. The van der Waals surface area contributed by atoms with Gasteiger partial charge in [0.05, 0.1) is 0 Å². The summed E-state index contributed by atoms with van der Waals surface area (Å²) in [5, 5.41) is 1.06. The first-order chi connectivity index (χ1) is 6.58. The van der Waals surface area contributed by atoms with Crippen molar-refractivity contribution in [3.8, 4) is 0 Å². The first-order valence-corrected chi connectivity index (χ1v) is 5.78. The van der Waals surface area contributed by atoms with Gasteiger partial charge in [0.1, 0.15) is 0 Å². The lowest BCUT2D eigenvalue weighted by molar-refractivity contribution is 0.526. The lowest BCUT2D eigenvalue weighted by Gasteiger charge is -2.12. The summed E-state index contributed by atoms with van der Waals surface area (Å²) in [5.41, 5.74) is 1.33. The van der Waals surface area contributed by atoms with Crippen LogP contribution in [0.1, 0.15) is 25.8 Å². The molecule has 0 saturated carbocycles. The maximum Gasteiger partial charge on any atom is 0.0406 e. The van der Waals surface area contributed by atoms with E-state index in [1.54, 1.807) is 0 Å². The molecule has 78 valence electrons. The molecule has 0 aromatic heterocycles. The van der Waals surface area contributed by atoms with Crippen LogP contribution < -0.4 is 0 Å². The molecule has 1 aromatic rings. The van der Waals surface area contributed by atoms with Gasteiger partial charge in [-0.05, 0) is 43.4 Å². The Morgan fingerprint density at radius 2 is 1.71 bits per heavy atom. The van der Waals surface area contributed by atoms with E-state index in [4.69, 9.17) is 23.2 Å². The molecule has 1 rings (SSSR count). The summed E-state index contributed by atoms with van der Waals surface area (Å²) < 4.78 is 0. The Hall–Kier alpha value is -0.200. The summed E-state index contributed by atoms with van der Waals surface area (Å²) >= 11 is 11.8. The highest BCUT2D eigenvalue weighted by Crippen LogP contribution is 2.17. The molecule has 0 aliphatic carbocycles. The van der Waals surface area contributed by atoms with Crippen LogP contribution in [0.3, 0.4) is 0 Å². The molecule has 0 nitrogen and oxygen atoms in total. The van der Waals surface area contributed by atoms with E-state index in [1.165, 1.54) is 5.56 Å². The monoisotopic (exact) mass is 230 g/mol. The van der Waals surface area contributed by atoms with Crippen LogP contribution in [0.5, 0.6) is 0 Å². The summed E-state index contributed by atoms with van der Waals surface area (Å²) in [6, 6.07) is 8.04. The molecule has 0 N–H and O–H groups in total. The zero-order valence-corrected chi connectivity index (χ0v) is 10.1. The van der Waals surface area contributed by atoms with Crippen LogP contribution in [0.2, 0.25) is 5.02 Å². The fraction of sp³-hybridized carbons (Fsp3) is 0.500. The van der Waals surface area contributed by atoms with Crippen LogP contribution in [0.15, 0.2) is 24.3 Å². The molecule has 2 heteroatoms. The molecule has 0 amide bonds. The Morgan fingerprint density at radius 3 is 2.21 bits per heavy atom.